The van der Waals surface area contributed by atoms with Crippen LogP contribution < -0.4 is 10.1 Å². The fraction of sp³-hybridized carbons (Fsp3) is 0.625. The Morgan fingerprint density at radius 3 is 2.32 bits per heavy atom. The van der Waals surface area contributed by atoms with Crippen molar-refractivity contribution < 1.29 is 4.74 Å². The van der Waals surface area contributed by atoms with E-state index in [4.69, 9.17) is 4.74 Å². The smallest absolute Gasteiger partial charge is 0.119 e. The van der Waals surface area contributed by atoms with Gasteiger partial charge in [-0.1, -0.05) is 15.9 Å². The fourth-order valence-corrected chi connectivity index (χ4v) is 3.07. The van der Waals surface area contributed by atoms with E-state index in [1.807, 2.05) is 24.3 Å². The van der Waals surface area contributed by atoms with Gasteiger partial charge in [0.05, 0.1) is 0 Å². The molecule has 0 aromatic heterocycles. The molecule has 19 heavy (non-hydrogen) atoms. The summed E-state index contributed by atoms with van der Waals surface area (Å²) in [6, 6.07) is 8.03. The van der Waals surface area contributed by atoms with Crippen molar-refractivity contribution in [3.05, 3.63) is 28.7 Å². The van der Waals surface area contributed by atoms with Gasteiger partial charge in [-0.15, -0.1) is 0 Å². The molecule has 1 aromatic carbocycles. The molecule has 2 fully saturated rings. The Kier molecular flexibility index (Phi) is 4.44. The van der Waals surface area contributed by atoms with Crippen molar-refractivity contribution in [2.24, 2.45) is 17.8 Å². The minimum absolute atomic E-state index is 0.754. The van der Waals surface area contributed by atoms with Crippen LogP contribution in [0.2, 0.25) is 0 Å². The van der Waals surface area contributed by atoms with Gasteiger partial charge in [-0.2, -0.15) is 0 Å². The molecule has 0 heterocycles. The number of halogens is 1. The van der Waals surface area contributed by atoms with E-state index in [0.29, 0.717) is 0 Å². The van der Waals surface area contributed by atoms with E-state index in [9.17, 15) is 0 Å². The maximum Gasteiger partial charge on any atom is 0.119 e. The van der Waals surface area contributed by atoms with Gasteiger partial charge in [-0.05, 0) is 74.2 Å². The Balaban J connectivity index is 1.31. The van der Waals surface area contributed by atoms with Crippen molar-refractivity contribution >= 4 is 15.9 Å². The Hall–Kier alpha value is -0.540. The van der Waals surface area contributed by atoms with Gasteiger partial charge in [0.2, 0.25) is 0 Å². The molecule has 0 spiro atoms. The normalized spacial score (nSPS) is 18.8. The summed E-state index contributed by atoms with van der Waals surface area (Å²) in [7, 11) is 0. The van der Waals surface area contributed by atoms with Gasteiger partial charge < -0.3 is 10.1 Å². The third kappa shape index (κ3) is 4.22. The van der Waals surface area contributed by atoms with Gasteiger partial charge in [-0.25, -0.2) is 0 Å². The molecule has 3 rings (SSSR count). The van der Waals surface area contributed by atoms with E-state index < -0.39 is 0 Å². The van der Waals surface area contributed by atoms with Crippen molar-refractivity contribution in [1.29, 1.82) is 0 Å². The summed E-state index contributed by atoms with van der Waals surface area (Å²) in [5.41, 5.74) is 0. The fourth-order valence-electron chi connectivity index (χ4n) is 2.81. The van der Waals surface area contributed by atoms with Crippen LogP contribution in [0, 0.1) is 17.8 Å². The molecule has 2 nitrogen and oxygen atoms in total. The molecule has 1 N–H and O–H groups in total. The quantitative estimate of drug-likeness (QED) is 0.733. The minimum atomic E-state index is 0.754. The maximum absolute atomic E-state index is 5.71. The molecule has 0 unspecified atom stereocenters. The molecule has 0 aliphatic heterocycles. The molecule has 1 aromatic rings. The lowest BCUT2D eigenvalue weighted by molar-refractivity contribution is 0.299. The van der Waals surface area contributed by atoms with Crippen LogP contribution in [0.5, 0.6) is 5.75 Å². The van der Waals surface area contributed by atoms with Crippen LogP contribution in [0.3, 0.4) is 0 Å². The summed E-state index contributed by atoms with van der Waals surface area (Å²) >= 11 is 3.43. The first-order valence-electron chi connectivity index (χ1n) is 7.42. The van der Waals surface area contributed by atoms with Crippen LogP contribution in [0.1, 0.15) is 25.7 Å². The van der Waals surface area contributed by atoms with Crippen LogP contribution in [0.4, 0.5) is 0 Å². The SMILES string of the molecule is Brc1ccc(OCCNCC(C2CC2)C2CC2)cc1. The standard InChI is InChI=1S/C16H22BrNO/c17-14-5-7-15(8-6-14)19-10-9-18-11-16(12-1-2-12)13-3-4-13/h5-8,12-13,16,18H,1-4,9-11H2. The van der Waals surface area contributed by atoms with Crippen LogP contribution in [0.15, 0.2) is 28.7 Å². The molecular formula is C16H22BrNO. The van der Waals surface area contributed by atoms with E-state index in [2.05, 4.69) is 21.2 Å². The zero-order valence-electron chi connectivity index (χ0n) is 11.3. The van der Waals surface area contributed by atoms with E-state index in [1.165, 1.54) is 32.2 Å². The van der Waals surface area contributed by atoms with Crippen molar-refractivity contribution in [2.45, 2.75) is 25.7 Å². The Labute approximate surface area is 124 Å². The predicted molar refractivity (Wildman–Crippen MR) is 81.4 cm³/mol. The number of nitrogens with one attached hydrogen (secondary N) is 1. The second kappa shape index (κ2) is 6.27. The minimum Gasteiger partial charge on any atom is -0.492 e. The first-order chi connectivity index (χ1) is 9.33. The molecular weight excluding hydrogens is 302 g/mol. The largest absolute Gasteiger partial charge is 0.492 e. The zero-order valence-corrected chi connectivity index (χ0v) is 12.9. The van der Waals surface area contributed by atoms with E-state index in [0.717, 1.165) is 41.1 Å². The lowest BCUT2D eigenvalue weighted by Gasteiger charge is -2.16. The Morgan fingerprint density at radius 1 is 1.11 bits per heavy atom. The first kappa shape index (κ1) is 13.4. The summed E-state index contributed by atoms with van der Waals surface area (Å²) in [5.74, 6) is 3.97. The first-order valence-corrected chi connectivity index (χ1v) is 8.21. The van der Waals surface area contributed by atoms with Crippen molar-refractivity contribution in [1.82, 2.24) is 5.32 Å². The molecule has 0 radical (unpaired) electrons. The van der Waals surface area contributed by atoms with Gasteiger partial charge in [0, 0.05) is 11.0 Å². The number of hydrogen-bond donors (Lipinski definition) is 1. The highest BCUT2D eigenvalue weighted by Gasteiger charge is 2.40. The average molecular weight is 324 g/mol. The van der Waals surface area contributed by atoms with Gasteiger partial charge in [0.15, 0.2) is 0 Å². The molecule has 2 saturated carbocycles. The Bertz CT molecular complexity index is 386. The highest BCUT2D eigenvalue weighted by Crippen LogP contribution is 2.48. The molecule has 0 amide bonds. The summed E-state index contributed by atoms with van der Waals surface area (Å²) < 4.78 is 6.80. The lowest BCUT2D eigenvalue weighted by Crippen LogP contribution is -2.29. The zero-order chi connectivity index (χ0) is 13.1. The van der Waals surface area contributed by atoms with E-state index >= 15 is 0 Å². The van der Waals surface area contributed by atoms with Crippen molar-refractivity contribution in [2.75, 3.05) is 19.7 Å². The van der Waals surface area contributed by atoms with E-state index in [-0.39, 0.29) is 0 Å². The molecule has 2 aliphatic rings. The maximum atomic E-state index is 5.71. The van der Waals surface area contributed by atoms with Crippen LogP contribution in [-0.2, 0) is 0 Å². The molecule has 2 aliphatic carbocycles. The summed E-state index contributed by atoms with van der Waals surface area (Å²) in [5, 5.41) is 3.58. The third-order valence-corrected chi connectivity index (χ3v) is 4.72. The van der Waals surface area contributed by atoms with Crippen molar-refractivity contribution in [3.8, 4) is 5.75 Å². The number of benzene rings is 1. The highest BCUT2D eigenvalue weighted by atomic mass is 79.9. The number of ether oxygens (including phenoxy) is 1. The second-order valence-corrected chi connectivity index (χ2v) is 6.76. The third-order valence-electron chi connectivity index (χ3n) is 4.20. The highest BCUT2D eigenvalue weighted by molar-refractivity contribution is 9.10. The van der Waals surface area contributed by atoms with Crippen LogP contribution in [0.25, 0.3) is 0 Å². The van der Waals surface area contributed by atoms with Gasteiger partial charge in [0.25, 0.3) is 0 Å². The predicted octanol–water partition coefficient (Wildman–Crippen LogP) is 3.85. The summed E-state index contributed by atoms with van der Waals surface area (Å²) in [6.07, 6.45) is 5.88. The number of rotatable bonds is 8. The lowest BCUT2D eigenvalue weighted by atomic mass is 9.98. The summed E-state index contributed by atoms with van der Waals surface area (Å²) in [6.45, 7) is 2.90. The molecule has 0 atom stereocenters. The van der Waals surface area contributed by atoms with Crippen LogP contribution in [-0.4, -0.2) is 19.7 Å². The van der Waals surface area contributed by atoms with E-state index in [1.54, 1.807) is 0 Å². The second-order valence-electron chi connectivity index (χ2n) is 5.85. The van der Waals surface area contributed by atoms with Crippen LogP contribution >= 0.6 is 15.9 Å². The molecule has 0 saturated heterocycles. The van der Waals surface area contributed by atoms with Gasteiger partial charge >= 0.3 is 0 Å². The van der Waals surface area contributed by atoms with Crippen molar-refractivity contribution in [3.63, 3.8) is 0 Å². The summed E-state index contributed by atoms with van der Waals surface area (Å²) in [4.78, 5) is 0. The number of hydrogen-bond acceptors (Lipinski definition) is 2. The molecule has 3 heteroatoms. The van der Waals surface area contributed by atoms with Gasteiger partial charge in [-0.3, -0.25) is 0 Å². The topological polar surface area (TPSA) is 21.3 Å². The Morgan fingerprint density at radius 2 is 1.74 bits per heavy atom. The molecule has 104 valence electrons. The monoisotopic (exact) mass is 323 g/mol. The average Bonchev–Trinajstić information content (AvgIpc) is 3.28. The molecule has 0 bridgehead atoms. The van der Waals surface area contributed by atoms with Gasteiger partial charge in [0.1, 0.15) is 12.4 Å².